The van der Waals surface area contributed by atoms with Crippen molar-refractivity contribution in [1.82, 2.24) is 10.6 Å². The van der Waals surface area contributed by atoms with Gasteiger partial charge in [0.2, 0.25) is 0 Å². The van der Waals surface area contributed by atoms with E-state index in [1.807, 2.05) is 21.0 Å². The van der Waals surface area contributed by atoms with Gasteiger partial charge in [-0.05, 0) is 27.6 Å². The highest BCUT2D eigenvalue weighted by atomic mass is 16.5. The van der Waals surface area contributed by atoms with E-state index >= 15 is 0 Å². The van der Waals surface area contributed by atoms with E-state index in [0.29, 0.717) is 0 Å². The van der Waals surface area contributed by atoms with Crippen LogP contribution in [0.5, 0.6) is 0 Å². The molecular formula is C8H22N2O. The molecule has 0 fully saturated rings. The average Bonchev–Trinajstić information content (AvgIpc) is 2.06. The predicted molar refractivity (Wildman–Crippen MR) is 50.0 cm³/mol. The van der Waals surface area contributed by atoms with Crippen LogP contribution in [0.25, 0.3) is 0 Å². The number of hydrogen-bond acceptors (Lipinski definition) is 3. The molecule has 2 N–H and O–H groups in total. The van der Waals surface area contributed by atoms with E-state index in [0.717, 1.165) is 26.3 Å². The third kappa shape index (κ3) is 25.8. The number of hydrogen-bond donors (Lipinski definition) is 2. The van der Waals surface area contributed by atoms with Crippen LogP contribution in [0.3, 0.4) is 0 Å². The maximum absolute atomic E-state index is 5.01. The Bertz CT molecular complexity index is 45.4. The van der Waals surface area contributed by atoms with E-state index in [1.54, 1.807) is 0 Å². The van der Waals surface area contributed by atoms with Crippen molar-refractivity contribution in [3.05, 3.63) is 0 Å². The zero-order valence-corrected chi connectivity index (χ0v) is 8.24. The van der Waals surface area contributed by atoms with Crippen LogP contribution in [0.2, 0.25) is 0 Å². The summed E-state index contributed by atoms with van der Waals surface area (Å²) in [6.45, 7) is 7.73. The first kappa shape index (κ1) is 13.5. The van der Waals surface area contributed by atoms with Gasteiger partial charge in [-0.1, -0.05) is 6.92 Å². The lowest BCUT2D eigenvalue weighted by Gasteiger charge is -1.96. The van der Waals surface area contributed by atoms with Crippen LogP contribution in [-0.4, -0.2) is 40.4 Å². The summed E-state index contributed by atoms with van der Waals surface area (Å²) in [5.74, 6) is 0. The van der Waals surface area contributed by atoms with Crippen molar-refractivity contribution in [1.29, 1.82) is 0 Å². The van der Waals surface area contributed by atoms with Gasteiger partial charge >= 0.3 is 0 Å². The van der Waals surface area contributed by atoms with Gasteiger partial charge in [-0.3, -0.25) is 0 Å². The van der Waals surface area contributed by atoms with E-state index in [4.69, 9.17) is 4.74 Å². The van der Waals surface area contributed by atoms with E-state index in [-0.39, 0.29) is 0 Å². The first-order chi connectivity index (χ1) is 5.33. The van der Waals surface area contributed by atoms with Crippen molar-refractivity contribution in [2.24, 2.45) is 0 Å². The minimum absolute atomic E-state index is 0.821. The van der Waals surface area contributed by atoms with E-state index < -0.39 is 0 Å². The van der Waals surface area contributed by atoms with Crippen molar-refractivity contribution in [3.63, 3.8) is 0 Å². The Morgan fingerprint density at radius 2 is 1.64 bits per heavy atom. The van der Waals surface area contributed by atoms with Gasteiger partial charge in [-0.15, -0.1) is 0 Å². The van der Waals surface area contributed by atoms with Gasteiger partial charge < -0.3 is 15.4 Å². The van der Waals surface area contributed by atoms with Gasteiger partial charge in [0.1, 0.15) is 0 Å². The quantitative estimate of drug-likeness (QED) is 0.576. The molecule has 0 saturated heterocycles. The minimum Gasteiger partial charge on any atom is -0.380 e. The van der Waals surface area contributed by atoms with Crippen LogP contribution in [0.15, 0.2) is 0 Å². The molecule has 70 valence electrons. The Labute approximate surface area is 70.5 Å². The first-order valence-corrected chi connectivity index (χ1v) is 4.20. The molecule has 3 nitrogen and oxygen atoms in total. The number of nitrogens with one attached hydrogen (secondary N) is 2. The molecule has 0 unspecified atom stereocenters. The monoisotopic (exact) mass is 162 g/mol. The topological polar surface area (TPSA) is 33.3 Å². The summed E-state index contributed by atoms with van der Waals surface area (Å²) in [4.78, 5) is 0. The number of rotatable bonds is 5. The highest BCUT2D eigenvalue weighted by Crippen LogP contribution is 1.67. The second-order valence-corrected chi connectivity index (χ2v) is 2.01. The van der Waals surface area contributed by atoms with Crippen LogP contribution in [-0.2, 0) is 4.74 Å². The highest BCUT2D eigenvalue weighted by Gasteiger charge is 1.77. The standard InChI is InChI=1S/C5H13NO.C3H9N/c1-3-7-5-4-6-2;1-3-4-2/h6H,3-5H2,1-2H3;4H,3H2,1-2H3. The van der Waals surface area contributed by atoms with Gasteiger partial charge in [0.15, 0.2) is 0 Å². The van der Waals surface area contributed by atoms with E-state index in [2.05, 4.69) is 17.6 Å². The Hall–Kier alpha value is -0.120. The zero-order chi connectivity index (χ0) is 8.95. The summed E-state index contributed by atoms with van der Waals surface area (Å²) < 4.78 is 5.01. The van der Waals surface area contributed by atoms with Gasteiger partial charge in [0, 0.05) is 13.2 Å². The summed E-state index contributed by atoms with van der Waals surface area (Å²) >= 11 is 0. The number of ether oxygens (including phenoxy) is 1. The zero-order valence-electron chi connectivity index (χ0n) is 8.24. The molecule has 11 heavy (non-hydrogen) atoms. The second kappa shape index (κ2) is 16.5. The average molecular weight is 162 g/mol. The molecule has 0 aliphatic carbocycles. The van der Waals surface area contributed by atoms with Gasteiger partial charge in [-0.2, -0.15) is 0 Å². The Kier molecular flexibility index (Phi) is 20.2. The number of likely N-dealkylation sites (N-methyl/N-ethyl adjacent to an activating group) is 1. The molecule has 0 amide bonds. The summed E-state index contributed by atoms with van der Waals surface area (Å²) in [6, 6.07) is 0. The normalized spacial score (nSPS) is 8.73. The van der Waals surface area contributed by atoms with Crippen molar-refractivity contribution >= 4 is 0 Å². The van der Waals surface area contributed by atoms with Gasteiger partial charge in [0.25, 0.3) is 0 Å². The Morgan fingerprint density at radius 3 is 1.91 bits per heavy atom. The molecule has 0 heterocycles. The minimum atomic E-state index is 0.821. The van der Waals surface area contributed by atoms with E-state index in [1.165, 1.54) is 0 Å². The van der Waals surface area contributed by atoms with Crippen molar-refractivity contribution < 1.29 is 4.74 Å². The lowest BCUT2D eigenvalue weighted by molar-refractivity contribution is 0.151. The molecular weight excluding hydrogens is 140 g/mol. The molecule has 0 aromatic heterocycles. The lowest BCUT2D eigenvalue weighted by Crippen LogP contribution is -2.13. The summed E-state index contributed by atoms with van der Waals surface area (Å²) in [5, 5.41) is 5.91. The smallest absolute Gasteiger partial charge is 0.0590 e. The first-order valence-electron chi connectivity index (χ1n) is 4.20. The summed E-state index contributed by atoms with van der Waals surface area (Å²) in [5.41, 5.74) is 0. The Balaban J connectivity index is 0. The second-order valence-electron chi connectivity index (χ2n) is 2.01. The molecule has 0 aliphatic rings. The maximum Gasteiger partial charge on any atom is 0.0590 e. The van der Waals surface area contributed by atoms with Crippen molar-refractivity contribution in [2.75, 3.05) is 40.4 Å². The van der Waals surface area contributed by atoms with Crippen LogP contribution >= 0.6 is 0 Å². The van der Waals surface area contributed by atoms with Crippen molar-refractivity contribution in [2.45, 2.75) is 13.8 Å². The van der Waals surface area contributed by atoms with E-state index in [9.17, 15) is 0 Å². The molecule has 0 atom stereocenters. The van der Waals surface area contributed by atoms with Crippen LogP contribution in [0.4, 0.5) is 0 Å². The molecule has 0 aliphatic heterocycles. The highest BCUT2D eigenvalue weighted by molar-refractivity contribution is 4.32. The van der Waals surface area contributed by atoms with Gasteiger partial charge in [0.05, 0.1) is 6.61 Å². The fourth-order valence-electron chi connectivity index (χ4n) is 0.319. The van der Waals surface area contributed by atoms with Crippen molar-refractivity contribution in [3.8, 4) is 0 Å². The van der Waals surface area contributed by atoms with Crippen LogP contribution in [0.1, 0.15) is 13.8 Å². The molecule has 0 rings (SSSR count). The fraction of sp³-hybridized carbons (Fsp3) is 1.00. The molecule has 0 aromatic carbocycles. The summed E-state index contributed by atoms with van der Waals surface area (Å²) in [6.07, 6.45) is 0. The van der Waals surface area contributed by atoms with Crippen LogP contribution < -0.4 is 10.6 Å². The molecule has 0 aromatic rings. The maximum atomic E-state index is 5.01. The fourth-order valence-corrected chi connectivity index (χ4v) is 0.319. The summed E-state index contributed by atoms with van der Waals surface area (Å²) in [7, 11) is 3.85. The largest absolute Gasteiger partial charge is 0.380 e. The molecule has 0 saturated carbocycles. The molecule has 0 radical (unpaired) electrons. The molecule has 3 heteroatoms. The lowest BCUT2D eigenvalue weighted by atomic mass is 10.7. The van der Waals surface area contributed by atoms with Gasteiger partial charge in [-0.25, -0.2) is 0 Å². The molecule has 0 spiro atoms. The SMILES string of the molecule is CCNC.CCOCCNC. The Morgan fingerprint density at radius 1 is 1.09 bits per heavy atom. The third-order valence-corrected chi connectivity index (χ3v) is 1.05. The third-order valence-electron chi connectivity index (χ3n) is 1.05. The molecule has 0 bridgehead atoms. The predicted octanol–water partition coefficient (Wildman–Crippen LogP) is 0.468. The van der Waals surface area contributed by atoms with Crippen LogP contribution in [0, 0.1) is 0 Å².